The van der Waals surface area contributed by atoms with Gasteiger partial charge in [-0.3, -0.25) is 9.78 Å². The first-order valence-electron chi connectivity index (χ1n) is 11.0. The Morgan fingerprint density at radius 2 is 2.09 bits per heavy atom. The molecule has 1 aromatic carbocycles. The molecule has 178 valence electrons. The summed E-state index contributed by atoms with van der Waals surface area (Å²) in [7, 11) is 0. The van der Waals surface area contributed by atoms with Gasteiger partial charge in [-0.05, 0) is 50.5 Å². The number of alkyl halides is 2. The highest BCUT2D eigenvalue weighted by atomic mass is 35.5. The van der Waals surface area contributed by atoms with Crippen LogP contribution in [0, 0.1) is 18.3 Å². The van der Waals surface area contributed by atoms with Crippen molar-refractivity contribution in [1.29, 1.82) is 5.26 Å². The van der Waals surface area contributed by atoms with E-state index < -0.39 is 18.2 Å². The van der Waals surface area contributed by atoms with E-state index in [-0.39, 0.29) is 29.0 Å². The number of hydrogen-bond acceptors (Lipinski definition) is 6. The molecule has 3 aromatic heterocycles. The Labute approximate surface area is 203 Å². The summed E-state index contributed by atoms with van der Waals surface area (Å²) >= 11 is 6.15. The van der Waals surface area contributed by atoms with E-state index in [9.17, 15) is 18.8 Å². The number of halogens is 3. The van der Waals surface area contributed by atoms with E-state index in [2.05, 4.69) is 25.7 Å². The normalized spacial score (nSPS) is 14.3. The highest BCUT2D eigenvalue weighted by molar-refractivity contribution is 6.31. The third-order valence-corrected chi connectivity index (χ3v) is 6.17. The molecule has 1 aliphatic carbocycles. The number of nitrogens with one attached hydrogen (secondary N) is 2. The Kier molecular flexibility index (Phi) is 5.73. The van der Waals surface area contributed by atoms with Crippen LogP contribution in [-0.4, -0.2) is 37.6 Å². The molecule has 0 bridgehead atoms. The molecule has 0 radical (unpaired) electrons. The van der Waals surface area contributed by atoms with Gasteiger partial charge < -0.3 is 10.6 Å². The molecule has 8 nitrogen and oxygen atoms in total. The Hall–Kier alpha value is -3.84. The SMILES string of the molecule is Cc1nc2c(C#N)c(C(F)F)nn2c(N[C@@H](C)C(=O)NC2CC2)c1-c1ccnc2cc(Cl)ccc12. The minimum absolute atomic E-state index is 0.0113. The van der Waals surface area contributed by atoms with Gasteiger partial charge in [0.05, 0.1) is 11.2 Å². The molecular formula is C24H20ClF2N7O. The highest BCUT2D eigenvalue weighted by Gasteiger charge is 2.29. The van der Waals surface area contributed by atoms with E-state index in [1.165, 1.54) is 4.52 Å². The standard InChI is InChI=1S/C24H20ClF2N7O/c1-11-19(16-7-8-29-18-9-13(25)3-6-15(16)18)23(31-12(2)24(35)32-14-4-5-14)34-22(30-11)17(10-28)20(33-34)21(26)27/h3,6-9,12,14,21,31H,4-5H2,1-2H3,(H,32,35)/t12-/m0/s1. The average molecular weight is 496 g/mol. The van der Waals surface area contributed by atoms with Gasteiger partial charge in [-0.15, -0.1) is 0 Å². The Bertz CT molecular complexity index is 1520. The number of anilines is 1. The van der Waals surface area contributed by atoms with Gasteiger partial charge in [-0.25, -0.2) is 13.8 Å². The van der Waals surface area contributed by atoms with Crippen molar-refractivity contribution in [3.63, 3.8) is 0 Å². The van der Waals surface area contributed by atoms with Crippen LogP contribution >= 0.6 is 11.6 Å². The monoisotopic (exact) mass is 495 g/mol. The predicted octanol–water partition coefficient (Wildman–Crippen LogP) is 4.79. The van der Waals surface area contributed by atoms with Crippen LogP contribution in [0.15, 0.2) is 30.5 Å². The van der Waals surface area contributed by atoms with Gasteiger partial charge in [0.1, 0.15) is 29.2 Å². The molecule has 1 fully saturated rings. The fourth-order valence-corrected chi connectivity index (χ4v) is 4.22. The first-order valence-corrected chi connectivity index (χ1v) is 11.4. The molecule has 1 amide bonds. The van der Waals surface area contributed by atoms with Gasteiger partial charge in [-0.2, -0.15) is 14.9 Å². The fourth-order valence-electron chi connectivity index (χ4n) is 4.06. The predicted molar refractivity (Wildman–Crippen MR) is 127 cm³/mol. The molecule has 0 aliphatic heterocycles. The summed E-state index contributed by atoms with van der Waals surface area (Å²) in [5, 5.41) is 21.0. The zero-order valence-corrected chi connectivity index (χ0v) is 19.6. The molecule has 1 atom stereocenters. The lowest BCUT2D eigenvalue weighted by molar-refractivity contribution is -0.121. The molecule has 5 rings (SSSR count). The van der Waals surface area contributed by atoms with E-state index in [0.717, 1.165) is 18.2 Å². The second-order valence-electron chi connectivity index (χ2n) is 8.50. The summed E-state index contributed by atoms with van der Waals surface area (Å²) in [5.74, 6) is 0.0472. The van der Waals surface area contributed by atoms with Gasteiger partial charge in [-0.1, -0.05) is 17.7 Å². The van der Waals surface area contributed by atoms with E-state index in [0.29, 0.717) is 27.4 Å². The number of hydrogen-bond donors (Lipinski definition) is 2. The number of nitrogens with zero attached hydrogens (tertiary/aromatic N) is 5. The first-order chi connectivity index (χ1) is 16.8. The quantitative estimate of drug-likeness (QED) is 0.398. The van der Waals surface area contributed by atoms with Gasteiger partial charge in [0.2, 0.25) is 5.91 Å². The molecule has 0 saturated heterocycles. The first kappa shape index (κ1) is 22.9. The molecular weight excluding hydrogens is 476 g/mol. The van der Waals surface area contributed by atoms with Crippen molar-refractivity contribution in [3.05, 3.63) is 52.4 Å². The Balaban J connectivity index is 1.77. The number of fused-ring (bicyclic) bond motifs is 2. The zero-order valence-electron chi connectivity index (χ0n) is 18.8. The fraction of sp³-hybridized carbons (Fsp3) is 0.292. The van der Waals surface area contributed by atoms with Crippen LogP contribution in [0.3, 0.4) is 0 Å². The van der Waals surface area contributed by atoms with Crippen molar-refractivity contribution in [2.75, 3.05) is 5.32 Å². The molecule has 2 N–H and O–H groups in total. The maximum Gasteiger partial charge on any atom is 0.283 e. The number of aromatic nitrogens is 4. The van der Waals surface area contributed by atoms with Crippen molar-refractivity contribution < 1.29 is 13.6 Å². The van der Waals surface area contributed by atoms with E-state index in [1.807, 2.05) is 6.07 Å². The second kappa shape index (κ2) is 8.74. The lowest BCUT2D eigenvalue weighted by atomic mass is 10.00. The summed E-state index contributed by atoms with van der Waals surface area (Å²) < 4.78 is 28.7. The summed E-state index contributed by atoms with van der Waals surface area (Å²) in [4.78, 5) is 21.6. The van der Waals surface area contributed by atoms with Crippen molar-refractivity contribution in [2.45, 2.75) is 45.2 Å². The lowest BCUT2D eigenvalue weighted by Gasteiger charge is -2.21. The summed E-state index contributed by atoms with van der Waals surface area (Å²) in [6, 6.07) is 8.27. The summed E-state index contributed by atoms with van der Waals surface area (Å²) in [6.07, 6.45) is 0.494. The number of aryl methyl sites for hydroxylation is 1. The minimum Gasteiger partial charge on any atom is -0.358 e. The van der Waals surface area contributed by atoms with Crippen LogP contribution in [-0.2, 0) is 4.79 Å². The average Bonchev–Trinajstić information content (AvgIpc) is 3.55. The number of amides is 1. The Morgan fingerprint density at radius 3 is 2.77 bits per heavy atom. The van der Waals surface area contributed by atoms with Crippen LogP contribution in [0.5, 0.6) is 0 Å². The van der Waals surface area contributed by atoms with Gasteiger partial charge >= 0.3 is 0 Å². The summed E-state index contributed by atoms with van der Waals surface area (Å²) in [6.45, 7) is 3.39. The molecule has 1 aliphatic rings. The van der Waals surface area contributed by atoms with Crippen molar-refractivity contribution in [3.8, 4) is 17.2 Å². The number of benzene rings is 1. The molecule has 0 spiro atoms. The minimum atomic E-state index is -2.97. The van der Waals surface area contributed by atoms with Crippen LogP contribution in [0.4, 0.5) is 14.6 Å². The molecule has 11 heteroatoms. The zero-order chi connectivity index (χ0) is 24.9. The molecule has 0 unspecified atom stereocenters. The maximum atomic E-state index is 13.7. The largest absolute Gasteiger partial charge is 0.358 e. The molecule has 4 aromatic rings. The van der Waals surface area contributed by atoms with Crippen molar-refractivity contribution in [2.24, 2.45) is 0 Å². The van der Waals surface area contributed by atoms with Crippen LogP contribution in [0.1, 0.15) is 43.1 Å². The van der Waals surface area contributed by atoms with E-state index in [1.54, 1.807) is 44.3 Å². The van der Waals surface area contributed by atoms with Crippen LogP contribution in [0.25, 0.3) is 27.7 Å². The second-order valence-corrected chi connectivity index (χ2v) is 8.93. The molecule has 1 saturated carbocycles. The van der Waals surface area contributed by atoms with Gasteiger partial charge in [0.25, 0.3) is 6.43 Å². The number of nitriles is 1. The number of carbonyl (C=O) groups excluding carboxylic acids is 1. The summed E-state index contributed by atoms with van der Waals surface area (Å²) in [5.41, 5.74) is 1.36. The number of rotatable bonds is 6. The van der Waals surface area contributed by atoms with Crippen molar-refractivity contribution >= 4 is 39.9 Å². The van der Waals surface area contributed by atoms with Crippen LogP contribution < -0.4 is 10.6 Å². The molecule has 35 heavy (non-hydrogen) atoms. The van der Waals surface area contributed by atoms with E-state index in [4.69, 9.17) is 11.6 Å². The highest BCUT2D eigenvalue weighted by Crippen LogP contribution is 2.38. The Morgan fingerprint density at radius 1 is 1.31 bits per heavy atom. The maximum absolute atomic E-state index is 13.7. The van der Waals surface area contributed by atoms with Gasteiger partial charge in [0.15, 0.2) is 5.65 Å². The smallest absolute Gasteiger partial charge is 0.283 e. The van der Waals surface area contributed by atoms with Crippen molar-refractivity contribution in [1.82, 2.24) is 24.9 Å². The lowest BCUT2D eigenvalue weighted by Crippen LogP contribution is -2.39. The third-order valence-electron chi connectivity index (χ3n) is 5.93. The number of pyridine rings is 1. The third kappa shape index (κ3) is 4.12. The van der Waals surface area contributed by atoms with E-state index >= 15 is 0 Å². The topological polar surface area (TPSA) is 108 Å². The molecule has 3 heterocycles. The number of carbonyl (C=O) groups is 1. The van der Waals surface area contributed by atoms with Gasteiger partial charge in [0, 0.05) is 28.2 Å². The van der Waals surface area contributed by atoms with Crippen LogP contribution in [0.2, 0.25) is 5.02 Å².